The molecular weight excluding hydrogens is 324 g/mol. The predicted molar refractivity (Wildman–Crippen MR) is 79.5 cm³/mol. The minimum absolute atomic E-state index is 0.623. The number of aliphatic carboxylic acids is 2. The molecule has 3 atom stereocenters. The van der Waals surface area contributed by atoms with Crippen LogP contribution in [-0.4, -0.2) is 71.3 Å². The zero-order valence-corrected chi connectivity index (χ0v) is 12.4. The van der Waals surface area contributed by atoms with Crippen molar-refractivity contribution >= 4 is 18.0 Å². The van der Waals surface area contributed by atoms with Crippen molar-refractivity contribution in [1.82, 2.24) is 0 Å². The van der Waals surface area contributed by atoms with Gasteiger partial charge in [0.25, 0.3) is 0 Å². The van der Waals surface area contributed by atoms with Crippen LogP contribution in [0, 0.1) is 0 Å². The van der Waals surface area contributed by atoms with Crippen molar-refractivity contribution in [3.05, 3.63) is 42.0 Å². The van der Waals surface area contributed by atoms with E-state index >= 15 is 0 Å². The highest BCUT2D eigenvalue weighted by atomic mass is 16.6. The van der Waals surface area contributed by atoms with Crippen LogP contribution in [0.25, 0.3) is 6.08 Å². The van der Waals surface area contributed by atoms with Gasteiger partial charge in [0.05, 0.1) is 0 Å². The smallest absolute Gasteiger partial charge is 0.341 e. The molecule has 9 nitrogen and oxygen atoms in total. The number of rotatable bonds is 8. The first kappa shape index (κ1) is 19.7. The van der Waals surface area contributed by atoms with Gasteiger partial charge in [0.1, 0.15) is 6.10 Å². The summed E-state index contributed by atoms with van der Waals surface area (Å²) in [7, 11) is 0. The van der Waals surface area contributed by atoms with Crippen molar-refractivity contribution in [2.45, 2.75) is 30.0 Å². The molecule has 0 aliphatic rings. The monoisotopic (exact) mass is 342 g/mol. The van der Waals surface area contributed by atoms with E-state index in [2.05, 4.69) is 0 Å². The van der Waals surface area contributed by atoms with Crippen LogP contribution in [0.1, 0.15) is 12.0 Å². The van der Waals surface area contributed by atoms with Crippen LogP contribution in [0.2, 0.25) is 0 Å². The predicted octanol–water partition coefficient (Wildman–Crippen LogP) is -1.61. The molecule has 1 aromatic carbocycles. The van der Waals surface area contributed by atoms with Gasteiger partial charge >= 0.3 is 11.9 Å². The Balaban J connectivity index is 3.07. The fraction of sp³-hybridized carbons (Fsp3) is 0.333. The van der Waals surface area contributed by atoms with E-state index in [0.717, 1.165) is 6.08 Å². The fourth-order valence-corrected chi connectivity index (χ4v) is 1.92. The van der Waals surface area contributed by atoms with E-state index in [4.69, 9.17) is 10.2 Å². The molecule has 0 aliphatic carbocycles. The molecule has 0 aromatic heterocycles. The topological polar surface area (TPSA) is 176 Å². The molecule has 1 aromatic rings. The van der Waals surface area contributed by atoms with Gasteiger partial charge in [0.2, 0.25) is 11.4 Å². The lowest BCUT2D eigenvalue weighted by Gasteiger charge is -2.39. The summed E-state index contributed by atoms with van der Waals surface area (Å²) in [4.78, 5) is 21.9. The Morgan fingerprint density at radius 3 is 2.04 bits per heavy atom. The Hall–Kier alpha value is -2.30. The molecule has 0 radical (unpaired) electrons. The lowest BCUT2D eigenvalue weighted by molar-refractivity contribution is -0.320. The third kappa shape index (κ3) is 3.96. The highest BCUT2D eigenvalue weighted by Gasteiger charge is 2.60. The normalized spacial score (nSPS) is 17.2. The van der Waals surface area contributed by atoms with Crippen molar-refractivity contribution in [1.29, 1.82) is 0 Å². The highest BCUT2D eigenvalue weighted by Crippen LogP contribution is 2.30. The molecule has 132 valence electrons. The molecule has 0 unspecified atom stereocenters. The Morgan fingerprint density at radius 1 is 1.04 bits per heavy atom. The second-order valence-corrected chi connectivity index (χ2v) is 5.14. The van der Waals surface area contributed by atoms with Crippen molar-refractivity contribution < 1.29 is 45.3 Å². The molecule has 24 heavy (non-hydrogen) atoms. The lowest BCUT2D eigenvalue weighted by atomic mass is 9.83. The summed E-state index contributed by atoms with van der Waals surface area (Å²) in [6.07, 6.45) is -3.99. The Bertz CT molecular complexity index is 611. The number of carbonyl (C=O) groups is 2. The molecule has 1 rings (SSSR count). The summed E-state index contributed by atoms with van der Waals surface area (Å²) in [5.74, 6) is -7.98. The summed E-state index contributed by atoms with van der Waals surface area (Å²) in [5.41, 5.74) is -2.74. The molecule has 0 saturated carbocycles. The third-order valence-corrected chi connectivity index (χ3v) is 3.45. The van der Waals surface area contributed by atoms with Gasteiger partial charge in [-0.25, -0.2) is 9.59 Å². The second-order valence-electron chi connectivity index (χ2n) is 5.14. The van der Waals surface area contributed by atoms with Gasteiger partial charge < -0.3 is 35.7 Å². The van der Waals surface area contributed by atoms with Crippen molar-refractivity contribution in [3.8, 4) is 0 Å². The molecular formula is C15H18O9. The van der Waals surface area contributed by atoms with E-state index < -0.39 is 42.0 Å². The number of hydrogen-bond donors (Lipinski definition) is 7. The van der Waals surface area contributed by atoms with Crippen molar-refractivity contribution in [2.75, 3.05) is 0 Å². The van der Waals surface area contributed by atoms with E-state index in [1.54, 1.807) is 30.3 Å². The SMILES string of the molecule is O=C(O)[C@@H](O)[C@@H](O)C(O)(O)[C@](O)(CC=Cc1ccccc1)C(=O)O. The van der Waals surface area contributed by atoms with E-state index in [1.165, 1.54) is 6.08 Å². The zero-order chi connectivity index (χ0) is 18.5. The summed E-state index contributed by atoms with van der Waals surface area (Å²) < 4.78 is 0. The first-order chi connectivity index (χ1) is 11.0. The standard InChI is InChI=1S/C15H18O9/c16-10(12(18)19)11(17)15(23,24)14(22,13(20)21)8-4-7-9-5-2-1-3-6-9/h1-7,10-11,16-17,22-24H,8H2,(H,18,19)(H,20,21)/t10-,11+,14-/m0/s1. The molecule has 0 aliphatic heterocycles. The number of carboxylic acids is 2. The highest BCUT2D eigenvalue weighted by molar-refractivity contribution is 5.80. The van der Waals surface area contributed by atoms with Gasteiger partial charge in [-0.2, -0.15) is 0 Å². The van der Waals surface area contributed by atoms with E-state index in [-0.39, 0.29) is 0 Å². The maximum absolute atomic E-state index is 11.3. The third-order valence-electron chi connectivity index (χ3n) is 3.45. The molecule has 9 heteroatoms. The maximum Gasteiger partial charge on any atom is 0.341 e. The first-order valence-corrected chi connectivity index (χ1v) is 6.75. The molecule has 0 spiro atoms. The molecule has 0 heterocycles. The minimum Gasteiger partial charge on any atom is -0.479 e. The average molecular weight is 342 g/mol. The number of hydrogen-bond acceptors (Lipinski definition) is 7. The van der Waals surface area contributed by atoms with E-state index in [0.29, 0.717) is 5.56 Å². The van der Waals surface area contributed by atoms with Crippen LogP contribution >= 0.6 is 0 Å². The maximum atomic E-state index is 11.3. The Kier molecular flexibility index (Phi) is 6.18. The van der Waals surface area contributed by atoms with Gasteiger partial charge in [0.15, 0.2) is 6.10 Å². The van der Waals surface area contributed by atoms with Crippen LogP contribution in [0.5, 0.6) is 0 Å². The Labute approximate surface area is 136 Å². The van der Waals surface area contributed by atoms with Crippen LogP contribution in [0.3, 0.4) is 0 Å². The van der Waals surface area contributed by atoms with Crippen molar-refractivity contribution in [3.63, 3.8) is 0 Å². The summed E-state index contributed by atoms with van der Waals surface area (Å²) >= 11 is 0. The quantitative estimate of drug-likeness (QED) is 0.274. The number of carboxylic acid groups (broad SMARTS) is 2. The second kappa shape index (κ2) is 7.51. The van der Waals surface area contributed by atoms with Crippen LogP contribution in [0.4, 0.5) is 0 Å². The van der Waals surface area contributed by atoms with Gasteiger partial charge in [-0.15, -0.1) is 0 Å². The number of benzene rings is 1. The van der Waals surface area contributed by atoms with Crippen LogP contribution in [0.15, 0.2) is 36.4 Å². The van der Waals surface area contributed by atoms with Gasteiger partial charge in [-0.05, 0) is 5.56 Å². The zero-order valence-electron chi connectivity index (χ0n) is 12.4. The van der Waals surface area contributed by atoms with E-state index in [1.807, 2.05) is 0 Å². The minimum atomic E-state index is -3.84. The first-order valence-electron chi connectivity index (χ1n) is 6.75. The number of aliphatic hydroxyl groups excluding tert-OH is 2. The summed E-state index contributed by atoms with van der Waals surface area (Å²) in [6.45, 7) is 0. The summed E-state index contributed by atoms with van der Waals surface area (Å²) in [6, 6.07) is 8.44. The van der Waals surface area contributed by atoms with Gasteiger partial charge in [0, 0.05) is 6.42 Å². The largest absolute Gasteiger partial charge is 0.479 e. The fourth-order valence-electron chi connectivity index (χ4n) is 1.92. The van der Waals surface area contributed by atoms with Crippen molar-refractivity contribution in [2.24, 2.45) is 0 Å². The summed E-state index contributed by atoms with van der Waals surface area (Å²) in [5, 5.41) is 66.1. The van der Waals surface area contributed by atoms with Crippen LogP contribution in [-0.2, 0) is 9.59 Å². The van der Waals surface area contributed by atoms with Gasteiger partial charge in [-0.1, -0.05) is 42.5 Å². The molecule has 0 saturated heterocycles. The van der Waals surface area contributed by atoms with Gasteiger partial charge in [-0.3, -0.25) is 0 Å². The van der Waals surface area contributed by atoms with E-state index in [9.17, 15) is 35.1 Å². The number of aliphatic hydroxyl groups is 5. The Morgan fingerprint density at radius 2 is 1.58 bits per heavy atom. The molecule has 0 bridgehead atoms. The molecule has 0 amide bonds. The molecule has 7 N–H and O–H groups in total. The molecule has 0 fully saturated rings. The average Bonchev–Trinajstić information content (AvgIpc) is 2.53. The lowest BCUT2D eigenvalue weighted by Crippen LogP contribution is -2.68. The van der Waals surface area contributed by atoms with Crippen LogP contribution < -0.4 is 0 Å².